The number of para-hydroxylation sites is 1. The molecule has 3 aromatic rings. The Morgan fingerprint density at radius 1 is 1.00 bits per heavy atom. The molecule has 126 valence electrons. The molecule has 5 nitrogen and oxygen atoms in total. The zero-order valence-electron chi connectivity index (χ0n) is 13.9. The SMILES string of the molecule is Cc1nc(-c2ccccc2)nc(Nc2ccccc2)c1CCC(=O)O. The van der Waals surface area contributed by atoms with Crippen LogP contribution in [-0.4, -0.2) is 21.0 Å². The summed E-state index contributed by atoms with van der Waals surface area (Å²) in [5.41, 5.74) is 3.43. The van der Waals surface area contributed by atoms with Gasteiger partial charge < -0.3 is 10.4 Å². The number of carboxylic acids is 1. The zero-order valence-corrected chi connectivity index (χ0v) is 13.9. The molecule has 0 aliphatic rings. The molecule has 0 spiro atoms. The number of hydrogen-bond donors (Lipinski definition) is 2. The van der Waals surface area contributed by atoms with E-state index in [2.05, 4.69) is 15.3 Å². The third-order valence-corrected chi connectivity index (χ3v) is 3.87. The number of anilines is 2. The molecule has 0 aliphatic carbocycles. The van der Waals surface area contributed by atoms with Gasteiger partial charge in [-0.2, -0.15) is 0 Å². The number of nitrogens with one attached hydrogen (secondary N) is 1. The molecule has 0 atom stereocenters. The summed E-state index contributed by atoms with van der Waals surface area (Å²) in [5.74, 6) is 0.437. The van der Waals surface area contributed by atoms with Crippen LogP contribution in [-0.2, 0) is 11.2 Å². The quantitative estimate of drug-likeness (QED) is 0.706. The first-order chi connectivity index (χ1) is 12.1. The van der Waals surface area contributed by atoms with Crippen LogP contribution < -0.4 is 5.32 Å². The van der Waals surface area contributed by atoms with Crippen LogP contribution in [0.15, 0.2) is 60.7 Å². The predicted molar refractivity (Wildman–Crippen MR) is 97.9 cm³/mol. The van der Waals surface area contributed by atoms with Crippen LogP contribution in [0.5, 0.6) is 0 Å². The average molecular weight is 333 g/mol. The molecule has 0 saturated heterocycles. The lowest BCUT2D eigenvalue weighted by molar-refractivity contribution is -0.136. The summed E-state index contributed by atoms with van der Waals surface area (Å²) < 4.78 is 0. The number of benzene rings is 2. The molecule has 0 aliphatic heterocycles. The first-order valence-corrected chi connectivity index (χ1v) is 8.10. The van der Waals surface area contributed by atoms with E-state index in [4.69, 9.17) is 5.11 Å². The molecule has 1 heterocycles. The fourth-order valence-corrected chi connectivity index (χ4v) is 2.61. The molecule has 2 aromatic carbocycles. The average Bonchev–Trinajstić information content (AvgIpc) is 2.62. The van der Waals surface area contributed by atoms with E-state index in [9.17, 15) is 4.79 Å². The van der Waals surface area contributed by atoms with E-state index in [0.29, 0.717) is 18.1 Å². The summed E-state index contributed by atoms with van der Waals surface area (Å²) in [4.78, 5) is 20.2. The van der Waals surface area contributed by atoms with Crippen molar-refractivity contribution in [3.63, 3.8) is 0 Å². The summed E-state index contributed by atoms with van der Waals surface area (Å²) in [6.07, 6.45) is 0.420. The lowest BCUT2D eigenvalue weighted by Gasteiger charge is -2.14. The highest BCUT2D eigenvalue weighted by atomic mass is 16.4. The van der Waals surface area contributed by atoms with Crippen LogP contribution in [0.2, 0.25) is 0 Å². The van der Waals surface area contributed by atoms with Gasteiger partial charge in [0.2, 0.25) is 0 Å². The van der Waals surface area contributed by atoms with Crippen molar-refractivity contribution in [3.8, 4) is 11.4 Å². The Balaban J connectivity index is 2.03. The third-order valence-electron chi connectivity index (χ3n) is 3.87. The number of nitrogens with zero attached hydrogens (tertiary/aromatic N) is 2. The molecular formula is C20H19N3O2. The van der Waals surface area contributed by atoms with E-state index in [-0.39, 0.29) is 6.42 Å². The van der Waals surface area contributed by atoms with Gasteiger partial charge in [-0.25, -0.2) is 9.97 Å². The Bertz CT molecular complexity index is 865. The number of carbonyl (C=O) groups is 1. The van der Waals surface area contributed by atoms with E-state index in [0.717, 1.165) is 22.5 Å². The van der Waals surface area contributed by atoms with Gasteiger partial charge in [-0.1, -0.05) is 48.5 Å². The lowest BCUT2D eigenvalue weighted by atomic mass is 10.1. The minimum Gasteiger partial charge on any atom is -0.481 e. The van der Waals surface area contributed by atoms with Crippen molar-refractivity contribution in [2.75, 3.05) is 5.32 Å². The first-order valence-electron chi connectivity index (χ1n) is 8.10. The first kappa shape index (κ1) is 16.6. The molecule has 3 rings (SSSR count). The van der Waals surface area contributed by atoms with E-state index < -0.39 is 5.97 Å². The summed E-state index contributed by atoms with van der Waals surface area (Å²) in [6, 6.07) is 19.4. The smallest absolute Gasteiger partial charge is 0.303 e. The van der Waals surface area contributed by atoms with Crippen LogP contribution in [0.25, 0.3) is 11.4 Å². The number of carboxylic acid groups (broad SMARTS) is 1. The van der Waals surface area contributed by atoms with Gasteiger partial charge in [-0.15, -0.1) is 0 Å². The highest BCUT2D eigenvalue weighted by molar-refractivity contribution is 5.69. The standard InChI is InChI=1S/C20H19N3O2/c1-14-17(12-13-18(24)25)20(22-16-10-6-3-7-11-16)23-19(21-14)15-8-4-2-5-9-15/h2-11H,12-13H2,1H3,(H,24,25)(H,21,22,23). The van der Waals surface area contributed by atoms with Crippen molar-refractivity contribution in [1.29, 1.82) is 0 Å². The summed E-state index contributed by atoms with van der Waals surface area (Å²) in [6.45, 7) is 1.89. The van der Waals surface area contributed by atoms with Crippen LogP contribution in [0.3, 0.4) is 0 Å². The molecule has 0 fully saturated rings. The largest absolute Gasteiger partial charge is 0.481 e. The number of aromatic nitrogens is 2. The maximum Gasteiger partial charge on any atom is 0.303 e. The van der Waals surface area contributed by atoms with Crippen LogP contribution in [0.4, 0.5) is 11.5 Å². The van der Waals surface area contributed by atoms with Crippen molar-refractivity contribution < 1.29 is 9.90 Å². The Morgan fingerprint density at radius 3 is 2.28 bits per heavy atom. The maximum absolute atomic E-state index is 11.0. The minimum atomic E-state index is -0.836. The Labute approximate surface area is 146 Å². The van der Waals surface area contributed by atoms with Gasteiger partial charge in [-0.3, -0.25) is 4.79 Å². The van der Waals surface area contributed by atoms with Gasteiger partial charge in [0.25, 0.3) is 0 Å². The number of hydrogen-bond acceptors (Lipinski definition) is 4. The van der Waals surface area contributed by atoms with Crippen molar-refractivity contribution in [3.05, 3.63) is 71.9 Å². The molecular weight excluding hydrogens is 314 g/mol. The van der Waals surface area contributed by atoms with Crippen molar-refractivity contribution >= 4 is 17.5 Å². The summed E-state index contributed by atoms with van der Waals surface area (Å²) >= 11 is 0. The van der Waals surface area contributed by atoms with E-state index in [1.165, 1.54) is 0 Å². The Hall–Kier alpha value is -3.21. The Kier molecular flexibility index (Phi) is 5.04. The fraction of sp³-hybridized carbons (Fsp3) is 0.150. The number of aryl methyl sites for hydroxylation is 1. The van der Waals surface area contributed by atoms with E-state index in [1.807, 2.05) is 67.6 Å². The van der Waals surface area contributed by atoms with Gasteiger partial charge in [0.05, 0.1) is 0 Å². The van der Waals surface area contributed by atoms with Gasteiger partial charge in [0, 0.05) is 28.9 Å². The van der Waals surface area contributed by atoms with E-state index in [1.54, 1.807) is 0 Å². The molecule has 0 amide bonds. The topological polar surface area (TPSA) is 75.1 Å². The monoisotopic (exact) mass is 333 g/mol. The Morgan fingerprint density at radius 2 is 1.64 bits per heavy atom. The molecule has 0 radical (unpaired) electrons. The molecule has 0 bridgehead atoms. The summed E-state index contributed by atoms with van der Waals surface area (Å²) in [5, 5.41) is 12.3. The van der Waals surface area contributed by atoms with Crippen LogP contribution in [0, 0.1) is 6.92 Å². The van der Waals surface area contributed by atoms with Gasteiger partial charge in [-0.05, 0) is 25.5 Å². The van der Waals surface area contributed by atoms with E-state index >= 15 is 0 Å². The van der Waals surface area contributed by atoms with Gasteiger partial charge in [0.15, 0.2) is 5.82 Å². The van der Waals surface area contributed by atoms with Crippen molar-refractivity contribution in [2.45, 2.75) is 19.8 Å². The molecule has 0 unspecified atom stereocenters. The fourth-order valence-electron chi connectivity index (χ4n) is 2.61. The second kappa shape index (κ2) is 7.57. The van der Waals surface area contributed by atoms with Gasteiger partial charge in [0.1, 0.15) is 5.82 Å². The molecule has 1 aromatic heterocycles. The van der Waals surface area contributed by atoms with Crippen LogP contribution >= 0.6 is 0 Å². The summed E-state index contributed by atoms with van der Waals surface area (Å²) in [7, 11) is 0. The normalized spacial score (nSPS) is 10.4. The molecule has 0 saturated carbocycles. The minimum absolute atomic E-state index is 0.0400. The molecule has 25 heavy (non-hydrogen) atoms. The van der Waals surface area contributed by atoms with Crippen molar-refractivity contribution in [2.24, 2.45) is 0 Å². The maximum atomic E-state index is 11.0. The number of aliphatic carboxylic acids is 1. The van der Waals surface area contributed by atoms with Crippen LogP contribution in [0.1, 0.15) is 17.7 Å². The highest BCUT2D eigenvalue weighted by Crippen LogP contribution is 2.26. The lowest BCUT2D eigenvalue weighted by Crippen LogP contribution is -2.08. The molecule has 2 N–H and O–H groups in total. The predicted octanol–water partition coefficient (Wildman–Crippen LogP) is 4.21. The second-order valence-corrected chi connectivity index (χ2v) is 5.71. The number of rotatable bonds is 6. The second-order valence-electron chi connectivity index (χ2n) is 5.71. The highest BCUT2D eigenvalue weighted by Gasteiger charge is 2.14. The van der Waals surface area contributed by atoms with Crippen molar-refractivity contribution in [1.82, 2.24) is 9.97 Å². The third kappa shape index (κ3) is 4.20. The van der Waals surface area contributed by atoms with Gasteiger partial charge >= 0.3 is 5.97 Å². The molecule has 5 heteroatoms. The zero-order chi connectivity index (χ0) is 17.6.